The molecule has 3 aromatic rings. The molecule has 162 valence electrons. The van der Waals surface area contributed by atoms with Crippen molar-refractivity contribution in [3.63, 3.8) is 0 Å². The van der Waals surface area contributed by atoms with Crippen LogP contribution >= 0.6 is 0 Å². The Kier molecular flexibility index (Phi) is 4.50. The van der Waals surface area contributed by atoms with Crippen LogP contribution in [0.25, 0.3) is 11.1 Å². The Morgan fingerprint density at radius 3 is 2.81 bits per heavy atom. The van der Waals surface area contributed by atoms with E-state index in [4.69, 9.17) is 15.2 Å². The molecule has 0 radical (unpaired) electrons. The minimum Gasteiger partial charge on any atom is -0.482 e. The summed E-state index contributed by atoms with van der Waals surface area (Å²) in [5.41, 5.74) is 8.06. The summed E-state index contributed by atoms with van der Waals surface area (Å²) in [5.74, 6) is -0.212. The first-order chi connectivity index (χ1) is 15.3. The van der Waals surface area contributed by atoms with Gasteiger partial charge in [-0.1, -0.05) is 0 Å². The van der Waals surface area contributed by atoms with E-state index in [1.54, 1.807) is 26.2 Å². The molecule has 1 fully saturated rings. The fourth-order valence-corrected chi connectivity index (χ4v) is 4.42. The van der Waals surface area contributed by atoms with Crippen LogP contribution in [-0.4, -0.2) is 33.8 Å². The summed E-state index contributed by atoms with van der Waals surface area (Å²) >= 11 is 0. The number of ketones is 1. The van der Waals surface area contributed by atoms with E-state index in [-0.39, 0.29) is 37.0 Å². The van der Waals surface area contributed by atoms with E-state index < -0.39 is 17.3 Å². The van der Waals surface area contributed by atoms with Gasteiger partial charge in [-0.05, 0) is 31.2 Å². The van der Waals surface area contributed by atoms with Gasteiger partial charge in [0, 0.05) is 41.9 Å². The molecule has 9 heteroatoms. The van der Waals surface area contributed by atoms with E-state index in [0.717, 1.165) is 0 Å². The number of nitrogens with two attached hydrogens (primary N) is 1. The van der Waals surface area contributed by atoms with Crippen LogP contribution in [0.5, 0.6) is 5.75 Å². The lowest BCUT2D eigenvalue weighted by atomic mass is 9.73. The van der Waals surface area contributed by atoms with Gasteiger partial charge in [0.1, 0.15) is 23.7 Å². The quantitative estimate of drug-likeness (QED) is 0.579. The molecule has 1 unspecified atom stereocenters. The van der Waals surface area contributed by atoms with Gasteiger partial charge in [-0.15, -0.1) is 0 Å². The smallest absolute Gasteiger partial charge is 0.174 e. The Bertz CT molecular complexity index is 1310. The fraction of sp³-hybridized carbons (Fsp3) is 0.304. The number of ether oxygens (including phenoxy) is 2. The Balaban J connectivity index is 1.79. The maximum Gasteiger partial charge on any atom is 0.174 e. The van der Waals surface area contributed by atoms with Gasteiger partial charge in [0.25, 0.3) is 0 Å². The Morgan fingerprint density at radius 1 is 1.34 bits per heavy atom. The molecule has 1 saturated heterocycles. The monoisotopic (exact) mass is 433 g/mol. The molecule has 4 heterocycles. The minimum absolute atomic E-state index is 0.148. The molecule has 5 rings (SSSR count). The van der Waals surface area contributed by atoms with Crippen LogP contribution < -0.4 is 10.5 Å². The Labute approximate surface area is 183 Å². The van der Waals surface area contributed by atoms with Gasteiger partial charge < -0.3 is 15.2 Å². The zero-order valence-electron chi connectivity index (χ0n) is 17.6. The lowest BCUT2D eigenvalue weighted by Gasteiger charge is -2.40. The zero-order chi connectivity index (χ0) is 22.6. The Morgan fingerprint density at radius 2 is 2.12 bits per heavy atom. The first-order valence-corrected chi connectivity index (χ1v) is 10.1. The summed E-state index contributed by atoms with van der Waals surface area (Å²) in [4.78, 5) is 18.0. The van der Waals surface area contributed by atoms with E-state index >= 15 is 0 Å². The second kappa shape index (κ2) is 7.14. The van der Waals surface area contributed by atoms with Crippen molar-refractivity contribution >= 4 is 11.6 Å². The zero-order valence-corrected chi connectivity index (χ0v) is 17.6. The molecule has 2 bridgehead atoms. The van der Waals surface area contributed by atoms with Gasteiger partial charge in [-0.2, -0.15) is 10.4 Å². The number of halogens is 1. The SMILES string of the molecule is CC1Oc2cc(cnc2N)-c2c(nn(C)c2C#N)CC2(COC2)C(=O)c2ccc(F)cc21. The number of aromatic nitrogens is 3. The van der Waals surface area contributed by atoms with Gasteiger partial charge in [-0.3, -0.25) is 9.48 Å². The van der Waals surface area contributed by atoms with Gasteiger partial charge >= 0.3 is 0 Å². The van der Waals surface area contributed by atoms with E-state index in [1.165, 1.54) is 22.9 Å². The fourth-order valence-electron chi connectivity index (χ4n) is 4.42. The maximum atomic E-state index is 14.1. The first-order valence-electron chi connectivity index (χ1n) is 10.1. The van der Waals surface area contributed by atoms with E-state index in [9.17, 15) is 14.4 Å². The number of carbonyl (C=O) groups excluding carboxylic acids is 1. The highest BCUT2D eigenvalue weighted by atomic mass is 19.1. The van der Waals surface area contributed by atoms with Crippen molar-refractivity contribution in [1.29, 1.82) is 5.26 Å². The number of benzene rings is 1. The number of hydrogen-bond donors (Lipinski definition) is 1. The summed E-state index contributed by atoms with van der Waals surface area (Å²) in [5, 5.41) is 14.3. The van der Waals surface area contributed by atoms with Crippen molar-refractivity contribution in [2.75, 3.05) is 18.9 Å². The van der Waals surface area contributed by atoms with Gasteiger partial charge in [0.2, 0.25) is 0 Å². The average molecular weight is 433 g/mol. The predicted molar refractivity (Wildman–Crippen MR) is 112 cm³/mol. The number of carbonyl (C=O) groups is 1. The lowest BCUT2D eigenvalue weighted by Crippen LogP contribution is -2.51. The van der Waals surface area contributed by atoms with Crippen molar-refractivity contribution in [2.45, 2.75) is 19.4 Å². The number of nitrogen functional groups attached to an aromatic ring is 1. The van der Waals surface area contributed by atoms with E-state index in [2.05, 4.69) is 16.2 Å². The number of pyridine rings is 1. The van der Waals surface area contributed by atoms with Gasteiger partial charge in [-0.25, -0.2) is 9.37 Å². The third-order valence-corrected chi connectivity index (χ3v) is 6.14. The summed E-state index contributed by atoms with van der Waals surface area (Å²) in [7, 11) is 1.68. The minimum atomic E-state index is -0.870. The van der Waals surface area contributed by atoms with Crippen LogP contribution in [0.4, 0.5) is 10.2 Å². The molecule has 1 atom stereocenters. The molecule has 0 amide bonds. The topological polar surface area (TPSA) is 116 Å². The van der Waals surface area contributed by atoms with Crippen molar-refractivity contribution in [1.82, 2.24) is 14.8 Å². The van der Waals surface area contributed by atoms with Gasteiger partial charge in [0.05, 0.1) is 24.3 Å². The molecular weight excluding hydrogens is 413 g/mol. The summed E-state index contributed by atoms with van der Waals surface area (Å²) < 4.78 is 27.2. The first kappa shape index (κ1) is 20.2. The highest BCUT2D eigenvalue weighted by Gasteiger charge is 2.48. The van der Waals surface area contributed by atoms with Crippen LogP contribution in [0, 0.1) is 22.6 Å². The molecule has 2 N–H and O–H groups in total. The van der Waals surface area contributed by atoms with Crippen molar-refractivity contribution in [2.24, 2.45) is 12.5 Å². The predicted octanol–water partition coefficient (Wildman–Crippen LogP) is 2.97. The molecule has 2 aliphatic rings. The number of hydrogen-bond acceptors (Lipinski definition) is 7. The molecule has 1 aromatic carbocycles. The number of aryl methyl sites for hydroxylation is 1. The van der Waals surface area contributed by atoms with Crippen molar-refractivity contribution in [3.05, 3.63) is 58.8 Å². The van der Waals surface area contributed by atoms with Crippen LogP contribution in [0.15, 0.2) is 30.5 Å². The molecule has 0 saturated carbocycles. The van der Waals surface area contributed by atoms with E-state index in [0.29, 0.717) is 33.6 Å². The number of fused-ring (bicyclic) bond motifs is 5. The number of nitriles is 1. The molecule has 32 heavy (non-hydrogen) atoms. The largest absolute Gasteiger partial charge is 0.482 e. The van der Waals surface area contributed by atoms with Gasteiger partial charge in [0.15, 0.2) is 17.4 Å². The lowest BCUT2D eigenvalue weighted by molar-refractivity contribution is -0.0870. The van der Waals surface area contributed by atoms with Crippen LogP contribution in [0.2, 0.25) is 0 Å². The molecule has 8 nitrogen and oxygen atoms in total. The maximum absolute atomic E-state index is 14.1. The second-order valence-corrected chi connectivity index (χ2v) is 8.28. The number of nitrogens with zero attached hydrogens (tertiary/aromatic N) is 4. The highest BCUT2D eigenvalue weighted by molar-refractivity contribution is 6.03. The second-order valence-electron chi connectivity index (χ2n) is 8.28. The third kappa shape index (κ3) is 2.95. The Hall–Kier alpha value is -3.77. The highest BCUT2D eigenvalue weighted by Crippen LogP contribution is 2.42. The number of Topliss-reactive ketones (excluding diaryl/α,β-unsaturated/α-hetero) is 1. The normalized spacial score (nSPS) is 18.9. The molecule has 2 aromatic heterocycles. The average Bonchev–Trinajstić information content (AvgIpc) is 3.05. The standard InChI is InChI=1S/C23H20FN5O3/c1-12-16-6-14(24)3-4-15(16)21(30)23(10-31-11-23)7-17-20(18(8-25)29(2)28-17)13-5-19(32-12)22(26)27-9-13/h3-6,9,12H,7,10-11H2,1-2H3,(H2,26,27). The molecule has 1 spiro atoms. The van der Waals surface area contributed by atoms with E-state index in [1.807, 2.05) is 0 Å². The van der Waals surface area contributed by atoms with Crippen LogP contribution in [-0.2, 0) is 18.2 Å². The van der Waals surface area contributed by atoms with Crippen molar-refractivity contribution < 1.29 is 18.7 Å². The summed E-state index contributed by atoms with van der Waals surface area (Å²) in [6.45, 7) is 2.14. The van der Waals surface area contributed by atoms with Crippen LogP contribution in [0.3, 0.4) is 0 Å². The molecular formula is C23H20FN5O3. The van der Waals surface area contributed by atoms with Crippen LogP contribution in [0.1, 0.15) is 40.3 Å². The summed E-state index contributed by atoms with van der Waals surface area (Å²) in [6, 6.07) is 7.94. The third-order valence-electron chi connectivity index (χ3n) is 6.14. The molecule has 0 aliphatic carbocycles. The molecule has 2 aliphatic heterocycles. The van der Waals surface area contributed by atoms with Crippen molar-refractivity contribution in [3.8, 4) is 22.9 Å². The summed E-state index contributed by atoms with van der Waals surface area (Å²) in [6.07, 6.45) is 1.15. The number of rotatable bonds is 0. The number of anilines is 1.